The lowest BCUT2D eigenvalue weighted by Crippen LogP contribution is -1.96. The standard InChI is InChI=1S/C11H14N2S/c1-8(2)14-11-7-9(3)6-10-4-5-12-13(10)11/h4-8H,1-3H3. The first-order valence-electron chi connectivity index (χ1n) is 4.78. The van der Waals surface area contributed by atoms with Crippen LogP contribution in [0, 0.1) is 6.92 Å². The first kappa shape index (κ1) is 9.59. The van der Waals surface area contributed by atoms with Crippen molar-refractivity contribution in [2.75, 3.05) is 0 Å². The van der Waals surface area contributed by atoms with Gasteiger partial charge in [-0.25, -0.2) is 4.52 Å². The number of aryl methyl sites for hydroxylation is 1. The van der Waals surface area contributed by atoms with Crippen LogP contribution in [0.25, 0.3) is 5.52 Å². The number of hydrogen-bond donors (Lipinski definition) is 0. The summed E-state index contributed by atoms with van der Waals surface area (Å²) in [4.78, 5) is 0. The summed E-state index contributed by atoms with van der Waals surface area (Å²) in [6.45, 7) is 6.52. The van der Waals surface area contributed by atoms with E-state index < -0.39 is 0 Å². The molecule has 2 aromatic rings. The van der Waals surface area contributed by atoms with Gasteiger partial charge >= 0.3 is 0 Å². The van der Waals surface area contributed by atoms with Gasteiger partial charge in [0.05, 0.1) is 16.7 Å². The fraction of sp³-hybridized carbons (Fsp3) is 0.364. The van der Waals surface area contributed by atoms with E-state index in [-0.39, 0.29) is 0 Å². The Kier molecular flexibility index (Phi) is 2.50. The quantitative estimate of drug-likeness (QED) is 0.702. The molecule has 0 aliphatic heterocycles. The van der Waals surface area contributed by atoms with E-state index in [4.69, 9.17) is 0 Å². The second-order valence-electron chi connectivity index (χ2n) is 3.71. The van der Waals surface area contributed by atoms with E-state index in [0.29, 0.717) is 5.25 Å². The van der Waals surface area contributed by atoms with Gasteiger partial charge in [0, 0.05) is 5.25 Å². The van der Waals surface area contributed by atoms with Crippen LogP contribution in [0.2, 0.25) is 0 Å². The summed E-state index contributed by atoms with van der Waals surface area (Å²) in [5.74, 6) is 0. The van der Waals surface area contributed by atoms with Crippen LogP contribution in [0.1, 0.15) is 19.4 Å². The fourth-order valence-electron chi connectivity index (χ4n) is 1.46. The van der Waals surface area contributed by atoms with Crippen LogP contribution in [-0.2, 0) is 0 Å². The molecule has 0 N–H and O–H groups in total. The highest BCUT2D eigenvalue weighted by atomic mass is 32.2. The lowest BCUT2D eigenvalue weighted by molar-refractivity contribution is 0.854. The summed E-state index contributed by atoms with van der Waals surface area (Å²) in [5, 5.41) is 6.12. The van der Waals surface area contributed by atoms with Crippen LogP contribution < -0.4 is 0 Å². The Hall–Kier alpha value is -0.960. The molecule has 3 heteroatoms. The van der Waals surface area contributed by atoms with E-state index in [1.807, 2.05) is 28.5 Å². The average Bonchev–Trinajstić information content (AvgIpc) is 2.50. The molecule has 0 unspecified atom stereocenters. The number of hydrogen-bond acceptors (Lipinski definition) is 2. The van der Waals surface area contributed by atoms with E-state index in [0.717, 1.165) is 0 Å². The van der Waals surface area contributed by atoms with Gasteiger partial charge in [0.15, 0.2) is 0 Å². The second kappa shape index (κ2) is 3.65. The highest BCUT2D eigenvalue weighted by molar-refractivity contribution is 7.99. The molecule has 0 aliphatic rings. The van der Waals surface area contributed by atoms with Gasteiger partial charge in [0.1, 0.15) is 0 Å². The van der Waals surface area contributed by atoms with E-state index in [1.54, 1.807) is 0 Å². The molecular weight excluding hydrogens is 192 g/mol. The molecule has 0 aromatic carbocycles. The van der Waals surface area contributed by atoms with Crippen molar-refractivity contribution in [2.45, 2.75) is 31.0 Å². The number of aromatic nitrogens is 2. The number of rotatable bonds is 2. The molecule has 0 saturated carbocycles. The van der Waals surface area contributed by atoms with E-state index in [9.17, 15) is 0 Å². The van der Waals surface area contributed by atoms with Crippen LogP contribution >= 0.6 is 11.8 Å². The molecule has 0 aliphatic carbocycles. The maximum absolute atomic E-state index is 4.31. The highest BCUT2D eigenvalue weighted by Crippen LogP contribution is 2.24. The molecule has 14 heavy (non-hydrogen) atoms. The van der Waals surface area contributed by atoms with Crippen molar-refractivity contribution in [2.24, 2.45) is 0 Å². The van der Waals surface area contributed by atoms with Gasteiger partial charge in [0.25, 0.3) is 0 Å². The lowest BCUT2D eigenvalue weighted by atomic mass is 10.3. The van der Waals surface area contributed by atoms with Crippen molar-refractivity contribution in [1.82, 2.24) is 9.61 Å². The second-order valence-corrected chi connectivity index (χ2v) is 5.30. The molecule has 2 rings (SSSR count). The van der Waals surface area contributed by atoms with Gasteiger partial charge in [-0.2, -0.15) is 5.10 Å². The minimum absolute atomic E-state index is 0.587. The Morgan fingerprint density at radius 1 is 1.36 bits per heavy atom. The third-order valence-electron chi connectivity index (χ3n) is 1.96. The molecule has 74 valence electrons. The monoisotopic (exact) mass is 206 g/mol. The van der Waals surface area contributed by atoms with Gasteiger partial charge in [-0.15, -0.1) is 11.8 Å². The average molecular weight is 206 g/mol. The predicted octanol–water partition coefficient (Wildman–Crippen LogP) is 3.14. The van der Waals surface area contributed by atoms with Crippen molar-refractivity contribution in [1.29, 1.82) is 0 Å². The van der Waals surface area contributed by atoms with Crippen molar-refractivity contribution in [3.63, 3.8) is 0 Å². The van der Waals surface area contributed by atoms with Gasteiger partial charge in [-0.3, -0.25) is 0 Å². The Morgan fingerprint density at radius 2 is 2.14 bits per heavy atom. The van der Waals surface area contributed by atoms with Crippen LogP contribution in [0.3, 0.4) is 0 Å². The maximum atomic E-state index is 4.31. The van der Waals surface area contributed by atoms with Crippen LogP contribution in [0.5, 0.6) is 0 Å². The van der Waals surface area contributed by atoms with Crippen molar-refractivity contribution < 1.29 is 0 Å². The van der Waals surface area contributed by atoms with Crippen LogP contribution in [0.4, 0.5) is 0 Å². The number of thioether (sulfide) groups is 1. The SMILES string of the molecule is Cc1cc(SC(C)C)n2nccc2c1. The molecule has 0 radical (unpaired) electrons. The number of fused-ring (bicyclic) bond motifs is 1. The molecule has 0 bridgehead atoms. The van der Waals surface area contributed by atoms with Gasteiger partial charge < -0.3 is 0 Å². The zero-order valence-electron chi connectivity index (χ0n) is 8.69. The van der Waals surface area contributed by atoms with Gasteiger partial charge in [-0.1, -0.05) is 13.8 Å². The van der Waals surface area contributed by atoms with Gasteiger partial charge in [-0.05, 0) is 30.7 Å². The lowest BCUT2D eigenvalue weighted by Gasteiger charge is -2.08. The minimum Gasteiger partial charge on any atom is -0.227 e. The van der Waals surface area contributed by atoms with E-state index >= 15 is 0 Å². The summed E-state index contributed by atoms with van der Waals surface area (Å²) in [6.07, 6.45) is 1.85. The van der Waals surface area contributed by atoms with E-state index in [2.05, 4.69) is 38.0 Å². The zero-order valence-corrected chi connectivity index (χ0v) is 9.51. The van der Waals surface area contributed by atoms with Crippen LogP contribution in [-0.4, -0.2) is 14.9 Å². The molecular formula is C11H14N2S. The number of pyridine rings is 1. The fourth-order valence-corrected chi connectivity index (χ4v) is 2.45. The Labute approximate surface area is 88.3 Å². The van der Waals surface area contributed by atoms with E-state index in [1.165, 1.54) is 16.1 Å². The molecule has 0 atom stereocenters. The predicted molar refractivity (Wildman–Crippen MR) is 60.9 cm³/mol. The molecule has 0 amide bonds. The Morgan fingerprint density at radius 3 is 2.86 bits per heavy atom. The molecule has 2 aromatic heterocycles. The van der Waals surface area contributed by atoms with Crippen molar-refractivity contribution in [3.05, 3.63) is 30.0 Å². The van der Waals surface area contributed by atoms with Crippen LogP contribution in [0.15, 0.2) is 29.4 Å². The summed E-state index contributed by atoms with van der Waals surface area (Å²) >= 11 is 1.85. The summed E-state index contributed by atoms with van der Waals surface area (Å²) in [5.41, 5.74) is 2.47. The molecule has 2 heterocycles. The number of nitrogens with zero attached hydrogens (tertiary/aromatic N) is 2. The smallest absolute Gasteiger partial charge is 0.0987 e. The first-order chi connectivity index (χ1) is 6.66. The van der Waals surface area contributed by atoms with Gasteiger partial charge in [0.2, 0.25) is 0 Å². The summed E-state index contributed by atoms with van der Waals surface area (Å²) in [6, 6.07) is 6.37. The zero-order chi connectivity index (χ0) is 10.1. The largest absolute Gasteiger partial charge is 0.227 e. The third-order valence-corrected chi connectivity index (χ3v) is 2.97. The normalized spacial score (nSPS) is 11.4. The van der Waals surface area contributed by atoms with Crippen molar-refractivity contribution in [3.8, 4) is 0 Å². The highest BCUT2D eigenvalue weighted by Gasteiger charge is 2.05. The maximum Gasteiger partial charge on any atom is 0.0987 e. The minimum atomic E-state index is 0.587. The Bertz CT molecular complexity index is 445. The first-order valence-corrected chi connectivity index (χ1v) is 5.66. The third kappa shape index (κ3) is 1.77. The molecule has 0 fully saturated rings. The Balaban J connectivity index is 2.55. The molecule has 2 nitrogen and oxygen atoms in total. The molecule has 0 saturated heterocycles. The summed E-state index contributed by atoms with van der Waals surface area (Å²) < 4.78 is 2.00. The van der Waals surface area contributed by atoms with Crippen molar-refractivity contribution >= 4 is 17.3 Å². The molecule has 0 spiro atoms. The summed E-state index contributed by atoms with van der Waals surface area (Å²) in [7, 11) is 0. The topological polar surface area (TPSA) is 17.3 Å².